The molecule has 4 rings (SSSR count). The summed E-state index contributed by atoms with van der Waals surface area (Å²) in [5.41, 5.74) is -0.250. The van der Waals surface area contributed by atoms with Crippen LogP contribution in [0.3, 0.4) is 0 Å². The fourth-order valence-corrected chi connectivity index (χ4v) is 5.25. The summed E-state index contributed by atoms with van der Waals surface area (Å²) in [6.45, 7) is 2.03. The molecule has 0 aliphatic carbocycles. The molecular weight excluding hydrogens is 373 g/mol. The molecule has 0 spiro atoms. The number of piperidine rings is 1. The van der Waals surface area contributed by atoms with Crippen molar-refractivity contribution in [1.29, 1.82) is 0 Å². The van der Waals surface area contributed by atoms with Crippen LogP contribution < -0.4 is 15.2 Å². The maximum Gasteiger partial charge on any atom is 0.255 e. The van der Waals surface area contributed by atoms with Gasteiger partial charge in [-0.25, -0.2) is 8.60 Å². The Balaban J connectivity index is 1.57. The van der Waals surface area contributed by atoms with Crippen molar-refractivity contribution >= 4 is 43.8 Å². The number of aromatic amines is 1. The Morgan fingerprint density at radius 2 is 1.96 bits per heavy atom. The molecule has 2 N–H and O–H groups in total. The Morgan fingerprint density at radius 3 is 2.77 bits per heavy atom. The number of thiophene rings is 1. The van der Waals surface area contributed by atoms with Crippen LogP contribution in [0.2, 0.25) is 0 Å². The number of hydrogen-bond donors (Lipinski definition) is 2. The van der Waals surface area contributed by atoms with Gasteiger partial charge in [0.05, 0.1) is 10.7 Å². The van der Waals surface area contributed by atoms with Crippen LogP contribution in [0.5, 0.6) is 0 Å². The highest BCUT2D eigenvalue weighted by atomic mass is 32.2. The second-order valence-corrected chi connectivity index (χ2v) is 8.74. The second kappa shape index (κ2) is 7.20. The lowest BCUT2D eigenvalue weighted by Gasteiger charge is -2.27. The van der Waals surface area contributed by atoms with E-state index in [-0.39, 0.29) is 11.2 Å². The standard InChI is InChI=1S/C18H18FN3O2S2/c19-14-10-12-6-7-20-18(23)13(12)11-15(14)21-26(24)17-5-4-16(25-17)22-8-2-1-3-9-22/h4-7,10-11,21H,1-3,8-9H2,(H,20,23). The number of anilines is 2. The Bertz CT molecular complexity index is 1020. The van der Waals surface area contributed by atoms with E-state index in [0.717, 1.165) is 18.1 Å². The van der Waals surface area contributed by atoms with Crippen LogP contribution in [0, 0.1) is 5.82 Å². The van der Waals surface area contributed by atoms with Gasteiger partial charge in [-0.2, -0.15) is 0 Å². The molecule has 1 fully saturated rings. The van der Waals surface area contributed by atoms with Crippen LogP contribution >= 0.6 is 11.3 Å². The van der Waals surface area contributed by atoms with Gasteiger partial charge >= 0.3 is 0 Å². The minimum Gasteiger partial charge on any atom is -0.363 e. The number of H-pyrrole nitrogens is 1. The van der Waals surface area contributed by atoms with Crippen LogP contribution in [-0.2, 0) is 11.0 Å². The largest absolute Gasteiger partial charge is 0.363 e. The van der Waals surface area contributed by atoms with Gasteiger partial charge in [-0.05, 0) is 55.0 Å². The average Bonchev–Trinajstić information content (AvgIpc) is 3.14. The average molecular weight is 391 g/mol. The SMILES string of the molecule is O=c1[nH]ccc2cc(F)c(NS(=O)c3ccc(N4CCCCC4)s3)cc12. The zero-order chi connectivity index (χ0) is 18.1. The molecular formula is C18H18FN3O2S2. The maximum absolute atomic E-state index is 14.3. The fourth-order valence-electron chi connectivity index (χ4n) is 3.13. The van der Waals surface area contributed by atoms with Gasteiger partial charge in [0, 0.05) is 24.7 Å². The molecule has 3 heterocycles. The van der Waals surface area contributed by atoms with E-state index in [9.17, 15) is 13.4 Å². The smallest absolute Gasteiger partial charge is 0.255 e. The third-order valence-electron chi connectivity index (χ3n) is 4.48. The maximum atomic E-state index is 14.3. The number of benzene rings is 1. The van der Waals surface area contributed by atoms with Gasteiger partial charge in [0.25, 0.3) is 5.56 Å². The summed E-state index contributed by atoms with van der Waals surface area (Å²) in [7, 11) is -1.59. The van der Waals surface area contributed by atoms with Crippen molar-refractivity contribution in [2.24, 2.45) is 0 Å². The van der Waals surface area contributed by atoms with E-state index < -0.39 is 16.8 Å². The van der Waals surface area contributed by atoms with Crippen LogP contribution in [-0.4, -0.2) is 22.3 Å². The van der Waals surface area contributed by atoms with Crippen molar-refractivity contribution in [2.45, 2.75) is 23.5 Å². The summed E-state index contributed by atoms with van der Waals surface area (Å²) >= 11 is 1.45. The normalized spacial score (nSPS) is 16.0. The molecule has 5 nitrogen and oxygen atoms in total. The number of hydrogen-bond acceptors (Lipinski definition) is 4. The summed E-state index contributed by atoms with van der Waals surface area (Å²) in [6.07, 6.45) is 5.07. The Morgan fingerprint density at radius 1 is 1.15 bits per heavy atom. The van der Waals surface area contributed by atoms with Gasteiger partial charge < -0.3 is 9.88 Å². The first-order valence-electron chi connectivity index (χ1n) is 8.46. The van der Waals surface area contributed by atoms with Crippen molar-refractivity contribution in [1.82, 2.24) is 4.98 Å². The summed E-state index contributed by atoms with van der Waals surface area (Å²) in [5.74, 6) is -0.538. The first-order chi connectivity index (χ1) is 12.6. The van der Waals surface area contributed by atoms with Crippen LogP contribution in [0.1, 0.15) is 19.3 Å². The number of nitrogens with zero attached hydrogens (tertiary/aromatic N) is 1. The van der Waals surface area contributed by atoms with Crippen molar-refractivity contribution < 1.29 is 8.60 Å². The van der Waals surface area contributed by atoms with Gasteiger partial charge in [-0.1, -0.05) is 0 Å². The summed E-state index contributed by atoms with van der Waals surface area (Å²) in [5, 5.41) is 1.95. The van der Waals surface area contributed by atoms with Crippen molar-refractivity contribution in [3.8, 4) is 0 Å². The molecule has 1 saturated heterocycles. The molecule has 1 aliphatic rings. The molecule has 0 bridgehead atoms. The van der Waals surface area contributed by atoms with E-state index in [1.54, 1.807) is 6.07 Å². The Hall–Kier alpha value is -2.19. The van der Waals surface area contributed by atoms with E-state index in [1.807, 2.05) is 12.1 Å². The highest BCUT2D eigenvalue weighted by Gasteiger charge is 2.16. The lowest BCUT2D eigenvalue weighted by Crippen LogP contribution is -2.28. The predicted molar refractivity (Wildman–Crippen MR) is 105 cm³/mol. The molecule has 8 heteroatoms. The molecule has 0 amide bonds. The number of rotatable bonds is 4. The van der Waals surface area contributed by atoms with Gasteiger partial charge in [0.2, 0.25) is 0 Å². The molecule has 1 atom stereocenters. The second-order valence-electron chi connectivity index (χ2n) is 6.24. The molecule has 0 saturated carbocycles. The van der Waals surface area contributed by atoms with Crippen LogP contribution in [0.4, 0.5) is 15.1 Å². The van der Waals surface area contributed by atoms with Gasteiger partial charge in [0.1, 0.15) is 10.0 Å². The lowest BCUT2D eigenvalue weighted by molar-refractivity contribution is 0.580. The number of pyridine rings is 1. The molecule has 3 aromatic rings. The Labute approximate surface area is 156 Å². The van der Waals surface area contributed by atoms with Crippen molar-refractivity contribution in [3.63, 3.8) is 0 Å². The Kier molecular flexibility index (Phi) is 4.78. The highest BCUT2D eigenvalue weighted by molar-refractivity contribution is 7.88. The molecule has 1 aromatic carbocycles. The molecule has 1 aliphatic heterocycles. The van der Waals surface area contributed by atoms with Crippen molar-refractivity contribution in [2.75, 3.05) is 22.7 Å². The van der Waals surface area contributed by atoms with E-state index in [4.69, 9.17) is 0 Å². The third kappa shape index (κ3) is 3.39. The van der Waals surface area contributed by atoms with E-state index in [1.165, 1.54) is 48.9 Å². The number of halogens is 1. The minimum absolute atomic E-state index is 0.0560. The molecule has 2 aromatic heterocycles. The predicted octanol–water partition coefficient (Wildman–Crippen LogP) is 3.85. The third-order valence-corrected chi connectivity index (χ3v) is 7.03. The fraction of sp³-hybridized carbons (Fsp3) is 0.278. The molecule has 26 heavy (non-hydrogen) atoms. The van der Waals surface area contributed by atoms with Gasteiger partial charge in [0.15, 0.2) is 11.0 Å². The highest BCUT2D eigenvalue weighted by Crippen LogP contribution is 2.31. The van der Waals surface area contributed by atoms with Crippen LogP contribution in [0.15, 0.2) is 45.5 Å². The monoisotopic (exact) mass is 391 g/mol. The molecule has 136 valence electrons. The number of fused-ring (bicyclic) bond motifs is 1. The zero-order valence-corrected chi connectivity index (χ0v) is 15.6. The molecule has 0 radical (unpaired) electrons. The lowest BCUT2D eigenvalue weighted by atomic mass is 10.1. The van der Waals surface area contributed by atoms with E-state index in [2.05, 4.69) is 14.6 Å². The van der Waals surface area contributed by atoms with E-state index in [0.29, 0.717) is 15.0 Å². The van der Waals surface area contributed by atoms with Crippen molar-refractivity contribution in [3.05, 3.63) is 52.7 Å². The first-order valence-corrected chi connectivity index (χ1v) is 10.4. The van der Waals surface area contributed by atoms with Crippen LogP contribution in [0.25, 0.3) is 10.8 Å². The topological polar surface area (TPSA) is 65.2 Å². The summed E-state index contributed by atoms with van der Waals surface area (Å²) in [6, 6.07) is 8.08. The van der Waals surface area contributed by atoms with Gasteiger partial charge in [-0.3, -0.25) is 9.52 Å². The zero-order valence-electron chi connectivity index (χ0n) is 14.0. The summed E-state index contributed by atoms with van der Waals surface area (Å²) in [4.78, 5) is 16.7. The first kappa shape index (κ1) is 17.2. The minimum atomic E-state index is -1.59. The van der Waals surface area contributed by atoms with Gasteiger partial charge in [-0.15, -0.1) is 11.3 Å². The summed E-state index contributed by atoms with van der Waals surface area (Å²) < 4.78 is 30.3. The number of nitrogens with one attached hydrogen (secondary N) is 2. The quantitative estimate of drug-likeness (QED) is 0.710. The molecule has 1 unspecified atom stereocenters. The van der Waals surface area contributed by atoms with E-state index >= 15 is 0 Å². The number of aromatic nitrogens is 1.